The van der Waals surface area contributed by atoms with Gasteiger partial charge in [-0.2, -0.15) is 0 Å². The van der Waals surface area contributed by atoms with Crippen LogP contribution in [0.25, 0.3) is 0 Å². The average Bonchev–Trinajstić information content (AvgIpc) is 2.89. The standard InChI is InChI=1S/C14H16ClNO2/c1-10(11-4-2-5-12(15)8-11)16-13(9-17)14-6-3-7-18-14/h2-8,10,13,16-17H,9H2,1H3. The molecule has 18 heavy (non-hydrogen) atoms. The van der Waals surface area contributed by atoms with E-state index in [-0.39, 0.29) is 18.7 Å². The zero-order valence-electron chi connectivity index (χ0n) is 10.1. The Morgan fingerprint density at radius 2 is 2.17 bits per heavy atom. The third-order valence-electron chi connectivity index (χ3n) is 2.87. The second-order valence-electron chi connectivity index (χ2n) is 4.19. The molecule has 0 aliphatic heterocycles. The molecular weight excluding hydrogens is 250 g/mol. The molecule has 0 aliphatic carbocycles. The van der Waals surface area contributed by atoms with Gasteiger partial charge in [0.15, 0.2) is 0 Å². The third-order valence-corrected chi connectivity index (χ3v) is 3.10. The fraction of sp³-hybridized carbons (Fsp3) is 0.286. The van der Waals surface area contributed by atoms with E-state index in [4.69, 9.17) is 16.0 Å². The predicted octanol–water partition coefficient (Wildman–Crippen LogP) is 3.32. The van der Waals surface area contributed by atoms with Gasteiger partial charge in [0, 0.05) is 11.1 Å². The van der Waals surface area contributed by atoms with Gasteiger partial charge >= 0.3 is 0 Å². The molecule has 1 aromatic heterocycles. The van der Waals surface area contributed by atoms with E-state index < -0.39 is 0 Å². The van der Waals surface area contributed by atoms with Crippen molar-refractivity contribution in [3.8, 4) is 0 Å². The van der Waals surface area contributed by atoms with Crippen LogP contribution < -0.4 is 5.32 Å². The van der Waals surface area contributed by atoms with Crippen molar-refractivity contribution in [1.29, 1.82) is 0 Å². The minimum atomic E-state index is -0.214. The maximum absolute atomic E-state index is 9.40. The summed E-state index contributed by atoms with van der Waals surface area (Å²) in [5, 5.41) is 13.4. The van der Waals surface area contributed by atoms with E-state index in [9.17, 15) is 5.11 Å². The van der Waals surface area contributed by atoms with Gasteiger partial charge in [-0.25, -0.2) is 0 Å². The van der Waals surface area contributed by atoms with Crippen molar-refractivity contribution in [3.05, 3.63) is 59.0 Å². The average molecular weight is 266 g/mol. The summed E-state index contributed by atoms with van der Waals surface area (Å²) in [7, 11) is 0. The van der Waals surface area contributed by atoms with Crippen molar-refractivity contribution in [2.45, 2.75) is 19.0 Å². The van der Waals surface area contributed by atoms with Crippen LogP contribution in [0, 0.1) is 0 Å². The molecule has 0 fully saturated rings. The van der Waals surface area contributed by atoms with Crippen LogP contribution in [0.2, 0.25) is 5.02 Å². The van der Waals surface area contributed by atoms with Crippen LogP contribution in [0.15, 0.2) is 47.1 Å². The largest absolute Gasteiger partial charge is 0.468 e. The smallest absolute Gasteiger partial charge is 0.123 e. The van der Waals surface area contributed by atoms with Gasteiger partial charge in [-0.3, -0.25) is 5.32 Å². The fourth-order valence-corrected chi connectivity index (χ4v) is 2.09. The molecule has 0 aliphatic rings. The highest BCUT2D eigenvalue weighted by Gasteiger charge is 2.16. The van der Waals surface area contributed by atoms with Crippen molar-refractivity contribution in [1.82, 2.24) is 5.32 Å². The van der Waals surface area contributed by atoms with Crippen molar-refractivity contribution in [3.63, 3.8) is 0 Å². The summed E-state index contributed by atoms with van der Waals surface area (Å²) in [6.45, 7) is 2.01. The lowest BCUT2D eigenvalue weighted by molar-refractivity contribution is 0.217. The van der Waals surface area contributed by atoms with Gasteiger partial charge in [0.2, 0.25) is 0 Å². The number of halogens is 1. The van der Waals surface area contributed by atoms with Crippen LogP contribution in [0.3, 0.4) is 0 Å². The van der Waals surface area contributed by atoms with E-state index in [0.29, 0.717) is 5.02 Å². The molecule has 96 valence electrons. The highest BCUT2D eigenvalue weighted by Crippen LogP contribution is 2.21. The van der Waals surface area contributed by atoms with Crippen LogP contribution in [-0.4, -0.2) is 11.7 Å². The first-order chi connectivity index (χ1) is 8.70. The summed E-state index contributed by atoms with van der Waals surface area (Å²) in [6.07, 6.45) is 1.60. The lowest BCUT2D eigenvalue weighted by Crippen LogP contribution is -2.27. The summed E-state index contributed by atoms with van der Waals surface area (Å²) >= 11 is 5.96. The van der Waals surface area contributed by atoms with Crippen LogP contribution >= 0.6 is 11.6 Å². The lowest BCUT2D eigenvalue weighted by atomic mass is 10.1. The topological polar surface area (TPSA) is 45.4 Å². The van der Waals surface area contributed by atoms with Gasteiger partial charge < -0.3 is 9.52 Å². The number of hydrogen-bond donors (Lipinski definition) is 2. The third kappa shape index (κ3) is 3.13. The number of nitrogens with one attached hydrogen (secondary N) is 1. The van der Waals surface area contributed by atoms with Gasteiger partial charge in [0.1, 0.15) is 5.76 Å². The number of aliphatic hydroxyl groups excluding tert-OH is 1. The summed E-state index contributed by atoms with van der Waals surface area (Å²) in [4.78, 5) is 0. The van der Waals surface area contributed by atoms with Crippen LogP contribution in [0.1, 0.15) is 30.3 Å². The first kappa shape index (κ1) is 13.1. The van der Waals surface area contributed by atoms with Crippen LogP contribution in [0.5, 0.6) is 0 Å². The van der Waals surface area contributed by atoms with Gasteiger partial charge in [-0.1, -0.05) is 23.7 Å². The molecule has 0 bridgehead atoms. The maximum atomic E-state index is 9.40. The summed E-state index contributed by atoms with van der Waals surface area (Å²) < 4.78 is 5.30. The molecule has 2 atom stereocenters. The van der Waals surface area contributed by atoms with Crippen molar-refractivity contribution in [2.75, 3.05) is 6.61 Å². The van der Waals surface area contributed by atoms with E-state index in [1.165, 1.54) is 0 Å². The van der Waals surface area contributed by atoms with E-state index >= 15 is 0 Å². The van der Waals surface area contributed by atoms with Crippen LogP contribution in [-0.2, 0) is 0 Å². The minimum Gasteiger partial charge on any atom is -0.468 e. The highest BCUT2D eigenvalue weighted by molar-refractivity contribution is 6.30. The number of furan rings is 1. The molecular formula is C14H16ClNO2. The Bertz CT molecular complexity index is 484. The molecule has 2 aromatic rings. The number of benzene rings is 1. The SMILES string of the molecule is CC(NC(CO)c1ccco1)c1cccc(Cl)c1. The van der Waals surface area contributed by atoms with Gasteiger partial charge in [0.25, 0.3) is 0 Å². The molecule has 1 aromatic carbocycles. The molecule has 1 heterocycles. The van der Waals surface area contributed by atoms with E-state index in [1.54, 1.807) is 6.26 Å². The van der Waals surface area contributed by atoms with Gasteiger partial charge in [-0.05, 0) is 36.8 Å². The van der Waals surface area contributed by atoms with Crippen molar-refractivity contribution >= 4 is 11.6 Å². The Morgan fingerprint density at radius 1 is 1.33 bits per heavy atom. The second kappa shape index (κ2) is 6.05. The zero-order valence-corrected chi connectivity index (χ0v) is 10.9. The van der Waals surface area contributed by atoms with E-state index in [2.05, 4.69) is 5.32 Å². The first-order valence-corrected chi connectivity index (χ1v) is 6.24. The number of hydrogen-bond acceptors (Lipinski definition) is 3. The molecule has 2 unspecified atom stereocenters. The highest BCUT2D eigenvalue weighted by atomic mass is 35.5. The predicted molar refractivity (Wildman–Crippen MR) is 71.5 cm³/mol. The lowest BCUT2D eigenvalue weighted by Gasteiger charge is -2.20. The molecule has 0 saturated carbocycles. The monoisotopic (exact) mass is 265 g/mol. The zero-order chi connectivity index (χ0) is 13.0. The fourth-order valence-electron chi connectivity index (χ4n) is 1.89. The van der Waals surface area contributed by atoms with Gasteiger partial charge in [0.05, 0.1) is 18.9 Å². The van der Waals surface area contributed by atoms with E-state index in [1.807, 2.05) is 43.3 Å². The minimum absolute atomic E-state index is 0.0155. The quantitative estimate of drug-likeness (QED) is 0.872. The molecule has 0 saturated heterocycles. The number of aliphatic hydroxyl groups is 1. The Labute approximate surface area is 111 Å². The summed E-state index contributed by atoms with van der Waals surface area (Å²) in [5.41, 5.74) is 1.08. The Balaban J connectivity index is 2.08. The molecule has 2 rings (SSSR count). The molecule has 4 heteroatoms. The molecule has 3 nitrogen and oxygen atoms in total. The Kier molecular flexibility index (Phi) is 4.42. The van der Waals surface area contributed by atoms with Crippen molar-refractivity contribution < 1.29 is 9.52 Å². The molecule has 0 radical (unpaired) electrons. The normalized spacial score (nSPS) is 14.4. The Hall–Kier alpha value is -1.29. The number of rotatable bonds is 5. The molecule has 2 N–H and O–H groups in total. The maximum Gasteiger partial charge on any atom is 0.123 e. The Morgan fingerprint density at radius 3 is 2.78 bits per heavy atom. The summed E-state index contributed by atoms with van der Waals surface area (Å²) in [5.74, 6) is 0.728. The van der Waals surface area contributed by atoms with E-state index in [0.717, 1.165) is 11.3 Å². The molecule has 0 amide bonds. The van der Waals surface area contributed by atoms with Crippen molar-refractivity contribution in [2.24, 2.45) is 0 Å². The first-order valence-electron chi connectivity index (χ1n) is 5.86. The summed E-state index contributed by atoms with van der Waals surface area (Å²) in [6, 6.07) is 11.2. The van der Waals surface area contributed by atoms with Crippen LogP contribution in [0.4, 0.5) is 0 Å². The van der Waals surface area contributed by atoms with Gasteiger partial charge in [-0.15, -0.1) is 0 Å². The molecule has 0 spiro atoms. The second-order valence-corrected chi connectivity index (χ2v) is 4.63.